The maximum atomic E-state index is 4.83. The van der Waals surface area contributed by atoms with E-state index in [1.165, 1.54) is 17.5 Å². The van der Waals surface area contributed by atoms with Gasteiger partial charge in [0, 0.05) is 12.1 Å². The minimum Gasteiger partial charge on any atom is -0.324 e. The molecule has 0 amide bonds. The van der Waals surface area contributed by atoms with Crippen LogP contribution in [0.5, 0.6) is 0 Å². The molecule has 0 radical (unpaired) electrons. The lowest BCUT2D eigenvalue weighted by Gasteiger charge is -2.13. The molecule has 0 saturated carbocycles. The zero-order valence-electron chi connectivity index (χ0n) is 12.1. The predicted octanol–water partition coefficient (Wildman–Crippen LogP) is 4.75. The number of hydrogen-bond donors (Lipinski definition) is 0. The van der Waals surface area contributed by atoms with Gasteiger partial charge in [-0.25, -0.2) is 4.98 Å². The van der Waals surface area contributed by atoms with Crippen LogP contribution in [-0.4, -0.2) is 9.55 Å². The summed E-state index contributed by atoms with van der Waals surface area (Å²) in [5.74, 6) is 1.72. The van der Waals surface area contributed by atoms with Crippen molar-refractivity contribution in [1.82, 2.24) is 9.55 Å². The molecule has 2 heteroatoms. The van der Waals surface area contributed by atoms with Gasteiger partial charge >= 0.3 is 0 Å². The van der Waals surface area contributed by atoms with Crippen LogP contribution in [0.25, 0.3) is 22.4 Å². The van der Waals surface area contributed by atoms with Crippen LogP contribution in [0.3, 0.4) is 0 Å². The van der Waals surface area contributed by atoms with E-state index in [1.54, 1.807) is 0 Å². The summed E-state index contributed by atoms with van der Waals surface area (Å²) in [7, 11) is 0. The third-order valence-electron chi connectivity index (χ3n) is 3.88. The topological polar surface area (TPSA) is 17.8 Å². The fourth-order valence-corrected chi connectivity index (χ4v) is 2.51. The normalized spacial score (nSPS) is 12.7. The number of rotatable bonds is 4. The average molecular weight is 264 g/mol. The Kier molecular flexibility index (Phi) is 3.55. The number of hydrogen-bond acceptors (Lipinski definition) is 1. The summed E-state index contributed by atoms with van der Waals surface area (Å²) in [6.45, 7) is 5.55. The Bertz CT molecular complexity index is 698. The van der Waals surface area contributed by atoms with Crippen LogP contribution in [0.2, 0.25) is 0 Å². The van der Waals surface area contributed by atoms with Crippen molar-refractivity contribution in [3.05, 3.63) is 54.6 Å². The van der Waals surface area contributed by atoms with Crippen molar-refractivity contribution in [3.63, 3.8) is 0 Å². The number of imidazole rings is 1. The molecule has 0 saturated heterocycles. The maximum Gasteiger partial charge on any atom is 0.141 e. The molecule has 2 nitrogen and oxygen atoms in total. The zero-order valence-corrected chi connectivity index (χ0v) is 12.1. The minimum atomic E-state index is 0.648. The Morgan fingerprint density at radius 2 is 1.70 bits per heavy atom. The second-order valence-corrected chi connectivity index (χ2v) is 5.41. The van der Waals surface area contributed by atoms with E-state index in [2.05, 4.69) is 66.9 Å². The Labute approximate surface area is 120 Å². The number of benzene rings is 2. The molecule has 1 heterocycles. The number of fused-ring (bicyclic) bond motifs is 1. The molecule has 3 rings (SSSR count). The Hall–Kier alpha value is -2.09. The van der Waals surface area contributed by atoms with Crippen molar-refractivity contribution in [2.24, 2.45) is 5.92 Å². The molecule has 102 valence electrons. The molecule has 0 aliphatic carbocycles. The number of para-hydroxylation sites is 2. The molecule has 0 spiro atoms. The second-order valence-electron chi connectivity index (χ2n) is 5.41. The van der Waals surface area contributed by atoms with Gasteiger partial charge in [-0.05, 0) is 18.1 Å². The van der Waals surface area contributed by atoms with E-state index in [4.69, 9.17) is 4.98 Å². The van der Waals surface area contributed by atoms with Gasteiger partial charge in [0.05, 0.1) is 11.0 Å². The van der Waals surface area contributed by atoms with E-state index < -0.39 is 0 Å². The molecule has 1 atom stereocenters. The first kappa shape index (κ1) is 12.9. The van der Waals surface area contributed by atoms with Crippen LogP contribution in [0.1, 0.15) is 20.3 Å². The highest BCUT2D eigenvalue weighted by Gasteiger charge is 2.13. The summed E-state index contributed by atoms with van der Waals surface area (Å²) in [4.78, 5) is 4.83. The SMILES string of the molecule is CCC(C)Cn1c(-c2ccccc2)nc2ccccc21. The monoisotopic (exact) mass is 264 g/mol. The van der Waals surface area contributed by atoms with Crippen LogP contribution in [0, 0.1) is 5.92 Å². The quantitative estimate of drug-likeness (QED) is 0.665. The molecule has 20 heavy (non-hydrogen) atoms. The molecule has 3 aromatic rings. The van der Waals surface area contributed by atoms with E-state index in [0.29, 0.717) is 5.92 Å². The van der Waals surface area contributed by atoms with Crippen molar-refractivity contribution >= 4 is 11.0 Å². The van der Waals surface area contributed by atoms with Crippen LogP contribution in [0.15, 0.2) is 54.6 Å². The van der Waals surface area contributed by atoms with Gasteiger partial charge in [-0.15, -0.1) is 0 Å². The first-order chi connectivity index (χ1) is 9.79. The van der Waals surface area contributed by atoms with Crippen molar-refractivity contribution < 1.29 is 0 Å². The fourth-order valence-electron chi connectivity index (χ4n) is 2.51. The summed E-state index contributed by atoms with van der Waals surface area (Å²) in [5, 5.41) is 0. The molecular formula is C18H20N2. The molecule has 2 aromatic carbocycles. The minimum absolute atomic E-state index is 0.648. The van der Waals surface area contributed by atoms with Gasteiger partial charge in [-0.2, -0.15) is 0 Å². The molecular weight excluding hydrogens is 244 g/mol. The van der Waals surface area contributed by atoms with Crippen molar-refractivity contribution in [2.75, 3.05) is 0 Å². The number of nitrogens with zero attached hydrogens (tertiary/aromatic N) is 2. The van der Waals surface area contributed by atoms with Gasteiger partial charge in [-0.3, -0.25) is 0 Å². The summed E-state index contributed by atoms with van der Waals surface area (Å²) in [6, 6.07) is 18.9. The third-order valence-corrected chi connectivity index (χ3v) is 3.88. The second kappa shape index (κ2) is 5.49. The Morgan fingerprint density at radius 1 is 1.00 bits per heavy atom. The van der Waals surface area contributed by atoms with Gasteiger partial charge < -0.3 is 4.57 Å². The van der Waals surface area contributed by atoms with Gasteiger partial charge in [0.1, 0.15) is 5.82 Å². The lowest BCUT2D eigenvalue weighted by molar-refractivity contribution is 0.479. The van der Waals surface area contributed by atoms with E-state index in [-0.39, 0.29) is 0 Å². The highest BCUT2D eigenvalue weighted by molar-refractivity contribution is 5.80. The standard InChI is InChI=1S/C18H20N2/c1-3-14(2)13-20-17-12-8-7-11-16(17)19-18(20)15-9-5-4-6-10-15/h4-12,14H,3,13H2,1-2H3. The van der Waals surface area contributed by atoms with Crippen LogP contribution < -0.4 is 0 Å². The van der Waals surface area contributed by atoms with Crippen LogP contribution in [-0.2, 0) is 6.54 Å². The maximum absolute atomic E-state index is 4.83. The fraction of sp³-hybridized carbons (Fsp3) is 0.278. The van der Waals surface area contributed by atoms with E-state index >= 15 is 0 Å². The van der Waals surface area contributed by atoms with Crippen LogP contribution >= 0.6 is 0 Å². The molecule has 1 aromatic heterocycles. The lowest BCUT2D eigenvalue weighted by Crippen LogP contribution is -2.08. The Balaban J connectivity index is 2.17. The number of aromatic nitrogens is 2. The van der Waals surface area contributed by atoms with E-state index in [0.717, 1.165) is 17.9 Å². The summed E-state index contributed by atoms with van der Waals surface area (Å²) >= 11 is 0. The highest BCUT2D eigenvalue weighted by atomic mass is 15.1. The van der Waals surface area contributed by atoms with Crippen molar-refractivity contribution in [1.29, 1.82) is 0 Å². The molecule has 1 unspecified atom stereocenters. The largest absolute Gasteiger partial charge is 0.324 e. The molecule has 0 aliphatic heterocycles. The molecule has 0 N–H and O–H groups in total. The summed E-state index contributed by atoms with van der Waals surface area (Å²) in [5.41, 5.74) is 3.49. The van der Waals surface area contributed by atoms with Crippen molar-refractivity contribution in [2.45, 2.75) is 26.8 Å². The van der Waals surface area contributed by atoms with Crippen LogP contribution in [0.4, 0.5) is 0 Å². The zero-order chi connectivity index (χ0) is 13.9. The van der Waals surface area contributed by atoms with Gasteiger partial charge in [0.25, 0.3) is 0 Å². The van der Waals surface area contributed by atoms with Gasteiger partial charge in [-0.1, -0.05) is 62.7 Å². The predicted molar refractivity (Wildman–Crippen MR) is 84.6 cm³/mol. The van der Waals surface area contributed by atoms with Gasteiger partial charge in [0.2, 0.25) is 0 Å². The first-order valence-electron chi connectivity index (χ1n) is 7.30. The molecule has 0 fully saturated rings. The summed E-state index contributed by atoms with van der Waals surface area (Å²) < 4.78 is 2.36. The molecule has 0 aliphatic rings. The smallest absolute Gasteiger partial charge is 0.141 e. The van der Waals surface area contributed by atoms with Gasteiger partial charge in [0.15, 0.2) is 0 Å². The van der Waals surface area contributed by atoms with E-state index in [1.807, 2.05) is 6.07 Å². The lowest BCUT2D eigenvalue weighted by atomic mass is 10.1. The van der Waals surface area contributed by atoms with E-state index in [9.17, 15) is 0 Å². The first-order valence-corrected chi connectivity index (χ1v) is 7.30. The Morgan fingerprint density at radius 3 is 2.45 bits per heavy atom. The summed E-state index contributed by atoms with van der Waals surface area (Å²) in [6.07, 6.45) is 1.18. The third kappa shape index (κ3) is 2.34. The van der Waals surface area contributed by atoms with Crippen molar-refractivity contribution in [3.8, 4) is 11.4 Å². The molecule has 0 bridgehead atoms. The highest BCUT2D eigenvalue weighted by Crippen LogP contribution is 2.26. The average Bonchev–Trinajstić information content (AvgIpc) is 2.87.